The summed E-state index contributed by atoms with van der Waals surface area (Å²) in [6.45, 7) is 4.13. The van der Waals surface area contributed by atoms with E-state index in [4.69, 9.17) is 4.74 Å². The number of halogens is 1. The fraction of sp³-hybridized carbons (Fsp3) is 0.440. The number of carbonyl (C=O) groups excluding carboxylic acids is 3. The van der Waals surface area contributed by atoms with Gasteiger partial charge in [-0.2, -0.15) is 4.99 Å². The van der Waals surface area contributed by atoms with Crippen molar-refractivity contribution in [2.45, 2.75) is 52.5 Å². The first-order valence-electron chi connectivity index (χ1n) is 12.3. The van der Waals surface area contributed by atoms with Crippen molar-refractivity contribution in [1.82, 2.24) is 4.57 Å². The third-order valence-electron chi connectivity index (χ3n) is 6.03. The molecule has 0 radical (unpaired) electrons. The Bertz CT molecular complexity index is 1570. The minimum atomic E-state index is -4.16. The van der Waals surface area contributed by atoms with Gasteiger partial charge in [0.2, 0.25) is 5.91 Å². The third-order valence-corrected chi connectivity index (χ3v) is 9.67. The largest absolute Gasteiger partial charge is 0.462 e. The Kier molecular flexibility index (Phi) is 8.78. The van der Waals surface area contributed by atoms with E-state index in [-0.39, 0.29) is 22.0 Å². The van der Waals surface area contributed by atoms with Crippen LogP contribution in [0.5, 0.6) is 0 Å². The molecule has 1 aromatic carbocycles. The Morgan fingerprint density at radius 2 is 1.87 bits per heavy atom. The molecule has 204 valence electrons. The number of benzene rings is 1. The van der Waals surface area contributed by atoms with Crippen LogP contribution in [0, 0.1) is 5.82 Å². The normalized spacial score (nSPS) is 14.2. The zero-order valence-electron chi connectivity index (χ0n) is 21.0. The first kappa shape index (κ1) is 28.1. The molecule has 2 heterocycles. The quantitative estimate of drug-likeness (QED) is 0.318. The van der Waals surface area contributed by atoms with Gasteiger partial charge in [0, 0.05) is 11.4 Å². The summed E-state index contributed by atoms with van der Waals surface area (Å²) in [5.41, 5.74) is 1.82. The Balaban J connectivity index is 1.50. The molecule has 0 atom stereocenters. The summed E-state index contributed by atoms with van der Waals surface area (Å²) in [5.74, 6) is -4.65. The van der Waals surface area contributed by atoms with E-state index < -0.39 is 44.9 Å². The van der Waals surface area contributed by atoms with E-state index >= 15 is 0 Å². The molecule has 1 aliphatic rings. The molecule has 0 fully saturated rings. The number of aromatic nitrogens is 1. The Morgan fingerprint density at radius 3 is 2.61 bits per heavy atom. The van der Waals surface area contributed by atoms with Crippen molar-refractivity contribution in [1.29, 1.82) is 0 Å². The van der Waals surface area contributed by atoms with Gasteiger partial charge in [0.25, 0.3) is 5.91 Å². The van der Waals surface area contributed by atoms with Gasteiger partial charge in [0.05, 0.1) is 22.4 Å². The second-order valence-electron chi connectivity index (χ2n) is 8.82. The molecule has 1 aliphatic carbocycles. The number of rotatable bonds is 8. The number of nitrogens with one attached hydrogen (secondary N) is 1. The van der Waals surface area contributed by atoms with Gasteiger partial charge in [0.1, 0.15) is 22.3 Å². The highest BCUT2D eigenvalue weighted by atomic mass is 32.2. The topological polar surface area (TPSA) is 124 Å². The van der Waals surface area contributed by atoms with E-state index in [1.54, 1.807) is 17.6 Å². The molecular formula is C25H28FN3O6S3. The summed E-state index contributed by atoms with van der Waals surface area (Å²) >= 11 is 2.34. The highest BCUT2D eigenvalue weighted by Gasteiger charge is 2.28. The molecule has 9 nitrogen and oxygen atoms in total. The highest BCUT2D eigenvalue weighted by Crippen LogP contribution is 2.38. The summed E-state index contributed by atoms with van der Waals surface area (Å²) in [6, 6.07) is 4.20. The maximum atomic E-state index is 13.6. The number of sulfone groups is 1. The van der Waals surface area contributed by atoms with Crippen LogP contribution in [0.15, 0.2) is 23.2 Å². The number of fused-ring (bicyclic) bond motifs is 2. The monoisotopic (exact) mass is 581 g/mol. The number of aryl methyl sites for hydroxylation is 2. The molecule has 13 heteroatoms. The lowest BCUT2D eigenvalue weighted by atomic mass is 10.1. The molecule has 0 aliphatic heterocycles. The Hall–Kier alpha value is -2.90. The van der Waals surface area contributed by atoms with Crippen LogP contribution >= 0.6 is 22.7 Å². The van der Waals surface area contributed by atoms with Crippen molar-refractivity contribution in [3.63, 3.8) is 0 Å². The third kappa shape index (κ3) is 6.38. The fourth-order valence-corrected chi connectivity index (χ4v) is 7.87. The zero-order chi connectivity index (χ0) is 27.4. The molecule has 0 bridgehead atoms. The number of amides is 2. The molecule has 1 N–H and O–H groups in total. The van der Waals surface area contributed by atoms with Gasteiger partial charge < -0.3 is 14.6 Å². The van der Waals surface area contributed by atoms with Crippen LogP contribution in [-0.2, 0) is 43.5 Å². The van der Waals surface area contributed by atoms with Crippen molar-refractivity contribution in [3.05, 3.63) is 44.8 Å². The van der Waals surface area contributed by atoms with Gasteiger partial charge in [-0.3, -0.25) is 9.59 Å². The van der Waals surface area contributed by atoms with Crippen LogP contribution in [0.3, 0.4) is 0 Å². The van der Waals surface area contributed by atoms with E-state index in [0.29, 0.717) is 23.2 Å². The number of thiazole rings is 1. The summed E-state index contributed by atoms with van der Waals surface area (Å²) < 4.78 is 46.4. The summed E-state index contributed by atoms with van der Waals surface area (Å²) in [4.78, 5) is 43.1. The van der Waals surface area contributed by atoms with E-state index in [0.717, 1.165) is 47.5 Å². The lowest BCUT2D eigenvalue weighted by Crippen LogP contribution is -2.28. The van der Waals surface area contributed by atoms with Crippen LogP contribution in [0.25, 0.3) is 10.2 Å². The molecule has 2 amide bonds. The van der Waals surface area contributed by atoms with Gasteiger partial charge in [-0.05, 0) is 63.3 Å². The van der Waals surface area contributed by atoms with E-state index in [9.17, 15) is 27.2 Å². The number of esters is 1. The molecule has 2 aromatic heterocycles. The summed E-state index contributed by atoms with van der Waals surface area (Å²) in [5, 5.41) is 2.84. The molecular weight excluding hydrogens is 553 g/mol. The highest BCUT2D eigenvalue weighted by molar-refractivity contribution is 7.92. The van der Waals surface area contributed by atoms with Crippen molar-refractivity contribution < 1.29 is 31.9 Å². The lowest BCUT2D eigenvalue weighted by molar-refractivity contribution is -0.115. The predicted molar refractivity (Wildman–Crippen MR) is 145 cm³/mol. The predicted octanol–water partition coefficient (Wildman–Crippen LogP) is 3.85. The molecule has 3 aromatic rings. The second-order valence-corrected chi connectivity index (χ2v) is 13.0. The van der Waals surface area contributed by atoms with Crippen LogP contribution in [0.4, 0.5) is 9.39 Å². The van der Waals surface area contributed by atoms with Gasteiger partial charge in [-0.1, -0.05) is 17.8 Å². The number of hydrogen-bond acceptors (Lipinski definition) is 8. The van der Waals surface area contributed by atoms with E-state index in [1.165, 1.54) is 23.5 Å². The number of ether oxygens (including phenoxy) is 1. The van der Waals surface area contributed by atoms with Gasteiger partial charge in [0.15, 0.2) is 14.6 Å². The van der Waals surface area contributed by atoms with E-state index in [1.807, 2.05) is 6.92 Å². The van der Waals surface area contributed by atoms with Gasteiger partial charge in [-0.25, -0.2) is 17.6 Å². The SMILES string of the molecule is CCOC(=O)c1c(NC(=O)CS(=O)(=O)CC(=O)N=c2sc3cc(F)ccc3n2CC)sc2c1CCCCC2. The maximum absolute atomic E-state index is 13.6. The molecule has 0 unspecified atom stereocenters. The molecule has 0 saturated heterocycles. The van der Waals surface area contributed by atoms with Crippen LogP contribution in [0.1, 0.15) is 53.9 Å². The number of carbonyl (C=O) groups is 3. The van der Waals surface area contributed by atoms with Gasteiger partial charge >= 0.3 is 5.97 Å². The van der Waals surface area contributed by atoms with Crippen molar-refractivity contribution in [2.75, 3.05) is 23.4 Å². The zero-order valence-corrected chi connectivity index (χ0v) is 23.5. The van der Waals surface area contributed by atoms with Gasteiger partial charge in [-0.15, -0.1) is 11.3 Å². The smallest absolute Gasteiger partial charge is 0.341 e. The number of thiophene rings is 1. The average molecular weight is 582 g/mol. The number of hydrogen-bond donors (Lipinski definition) is 1. The van der Waals surface area contributed by atoms with Crippen molar-refractivity contribution >= 4 is 65.5 Å². The minimum absolute atomic E-state index is 0.170. The summed E-state index contributed by atoms with van der Waals surface area (Å²) in [7, 11) is -4.16. The first-order chi connectivity index (χ1) is 18.1. The maximum Gasteiger partial charge on any atom is 0.341 e. The number of nitrogens with zero attached hydrogens (tertiary/aromatic N) is 2. The minimum Gasteiger partial charge on any atom is -0.462 e. The molecule has 0 saturated carbocycles. The summed E-state index contributed by atoms with van der Waals surface area (Å²) in [6.07, 6.45) is 4.39. The molecule has 0 spiro atoms. The molecule has 38 heavy (non-hydrogen) atoms. The second kappa shape index (κ2) is 11.9. The lowest BCUT2D eigenvalue weighted by Gasteiger charge is -2.08. The average Bonchev–Trinajstić information content (AvgIpc) is 3.24. The standard InChI is InChI=1S/C25H28FN3O6S3/c1-3-29-17-11-10-15(26)12-19(17)37-25(29)28-21(31)14-38(33,34)13-20(30)27-23-22(24(32)35-4-2)16-8-6-5-7-9-18(16)36-23/h10-12H,3-9,13-14H2,1-2H3,(H,27,30). The van der Waals surface area contributed by atoms with Crippen LogP contribution in [0.2, 0.25) is 0 Å². The molecule has 4 rings (SSSR count). The first-order valence-corrected chi connectivity index (χ1v) is 15.8. The van der Waals surface area contributed by atoms with E-state index in [2.05, 4.69) is 10.3 Å². The Morgan fingerprint density at radius 1 is 1.11 bits per heavy atom. The van der Waals surface area contributed by atoms with Crippen molar-refractivity contribution in [2.24, 2.45) is 4.99 Å². The van der Waals surface area contributed by atoms with Crippen LogP contribution in [-0.4, -0.2) is 48.9 Å². The van der Waals surface area contributed by atoms with Crippen LogP contribution < -0.4 is 10.1 Å². The Labute approximate surface area is 227 Å². The fourth-order valence-electron chi connectivity index (χ4n) is 4.43. The number of anilines is 1. The van der Waals surface area contributed by atoms with Crippen molar-refractivity contribution in [3.8, 4) is 0 Å².